The summed E-state index contributed by atoms with van der Waals surface area (Å²) in [7, 11) is 1.41. The van der Waals surface area contributed by atoms with Gasteiger partial charge in [-0.15, -0.1) is 0 Å². The fourth-order valence-electron chi connectivity index (χ4n) is 1.61. The molecule has 1 heterocycles. The molecule has 1 N–H and O–H groups in total. The number of ether oxygens (including phenoxy) is 1. The molecular formula is C12H21N3O2. The lowest BCUT2D eigenvalue weighted by Gasteiger charge is -2.12. The van der Waals surface area contributed by atoms with Crippen LogP contribution in [0.15, 0.2) is 12.5 Å². The third-order valence-electron chi connectivity index (χ3n) is 2.57. The summed E-state index contributed by atoms with van der Waals surface area (Å²) < 4.78 is 6.70. The van der Waals surface area contributed by atoms with Crippen molar-refractivity contribution in [2.45, 2.75) is 39.3 Å². The van der Waals surface area contributed by atoms with Crippen molar-refractivity contribution in [2.75, 3.05) is 13.7 Å². The van der Waals surface area contributed by atoms with Crippen LogP contribution in [0.2, 0.25) is 0 Å². The first-order valence-corrected chi connectivity index (χ1v) is 5.93. The van der Waals surface area contributed by atoms with Crippen LogP contribution < -0.4 is 5.32 Å². The van der Waals surface area contributed by atoms with Gasteiger partial charge in [0.15, 0.2) is 0 Å². The third kappa shape index (κ3) is 4.56. The summed E-state index contributed by atoms with van der Waals surface area (Å²) >= 11 is 0. The molecule has 0 atom stereocenters. The van der Waals surface area contributed by atoms with Crippen molar-refractivity contribution in [1.82, 2.24) is 14.9 Å². The maximum absolute atomic E-state index is 10.9. The van der Waals surface area contributed by atoms with E-state index in [0.717, 1.165) is 25.2 Å². The molecule has 5 heteroatoms. The van der Waals surface area contributed by atoms with Gasteiger partial charge in [-0.05, 0) is 26.8 Å². The average Bonchev–Trinajstić information content (AvgIpc) is 2.76. The predicted molar refractivity (Wildman–Crippen MR) is 65.6 cm³/mol. The van der Waals surface area contributed by atoms with Crippen molar-refractivity contribution in [1.29, 1.82) is 0 Å². The van der Waals surface area contributed by atoms with E-state index in [1.165, 1.54) is 7.11 Å². The average molecular weight is 239 g/mol. The first kappa shape index (κ1) is 13.7. The van der Waals surface area contributed by atoms with Crippen LogP contribution in [0.4, 0.5) is 0 Å². The van der Waals surface area contributed by atoms with Gasteiger partial charge in [-0.25, -0.2) is 4.98 Å². The summed E-state index contributed by atoms with van der Waals surface area (Å²) in [5.41, 5.74) is 1.16. The van der Waals surface area contributed by atoms with E-state index < -0.39 is 0 Å². The number of imidazole rings is 1. The fourth-order valence-corrected chi connectivity index (χ4v) is 1.61. The molecule has 17 heavy (non-hydrogen) atoms. The largest absolute Gasteiger partial charge is 0.469 e. The standard InChI is InChI=1S/C12H21N3O2/c1-10(2)15-9-14-8-11(15)7-13-6-4-5-12(16)17-3/h8-10,13H,4-7H2,1-3H3. The molecule has 1 aromatic heterocycles. The Bertz CT molecular complexity index is 347. The highest BCUT2D eigenvalue weighted by Crippen LogP contribution is 2.08. The summed E-state index contributed by atoms with van der Waals surface area (Å²) in [6, 6.07) is 0.421. The molecule has 96 valence electrons. The lowest BCUT2D eigenvalue weighted by molar-refractivity contribution is -0.140. The zero-order valence-electron chi connectivity index (χ0n) is 10.8. The zero-order chi connectivity index (χ0) is 12.7. The van der Waals surface area contributed by atoms with Gasteiger partial charge in [0.1, 0.15) is 0 Å². The highest BCUT2D eigenvalue weighted by molar-refractivity contribution is 5.69. The SMILES string of the molecule is COC(=O)CCCNCc1cncn1C(C)C. The van der Waals surface area contributed by atoms with E-state index in [0.29, 0.717) is 12.5 Å². The Kier molecular flexibility index (Phi) is 5.69. The summed E-state index contributed by atoms with van der Waals surface area (Å²) in [6.45, 7) is 5.84. The number of esters is 1. The molecular weight excluding hydrogens is 218 g/mol. The maximum Gasteiger partial charge on any atom is 0.305 e. The predicted octanol–water partition coefficient (Wildman–Crippen LogP) is 1.51. The molecule has 0 unspecified atom stereocenters. The van der Waals surface area contributed by atoms with E-state index in [-0.39, 0.29) is 5.97 Å². The van der Waals surface area contributed by atoms with Gasteiger partial charge in [0, 0.05) is 25.2 Å². The number of hydrogen-bond donors (Lipinski definition) is 1. The number of aromatic nitrogens is 2. The summed E-state index contributed by atoms with van der Waals surface area (Å²) in [5, 5.41) is 3.29. The first-order chi connectivity index (χ1) is 8.15. The topological polar surface area (TPSA) is 56.1 Å². The summed E-state index contributed by atoms with van der Waals surface area (Å²) in [4.78, 5) is 15.0. The Hall–Kier alpha value is -1.36. The Labute approximate surface area is 102 Å². The van der Waals surface area contributed by atoms with E-state index in [4.69, 9.17) is 0 Å². The number of rotatable bonds is 7. The minimum atomic E-state index is -0.154. The van der Waals surface area contributed by atoms with Gasteiger partial charge in [0.25, 0.3) is 0 Å². The second kappa shape index (κ2) is 7.06. The van der Waals surface area contributed by atoms with Crippen molar-refractivity contribution >= 4 is 5.97 Å². The zero-order valence-corrected chi connectivity index (χ0v) is 10.8. The Morgan fingerprint density at radius 2 is 2.35 bits per heavy atom. The second-order valence-corrected chi connectivity index (χ2v) is 4.24. The highest BCUT2D eigenvalue weighted by atomic mass is 16.5. The fraction of sp³-hybridized carbons (Fsp3) is 0.667. The number of nitrogens with one attached hydrogen (secondary N) is 1. The molecule has 0 radical (unpaired) electrons. The number of carbonyl (C=O) groups excluding carboxylic acids is 1. The van der Waals surface area contributed by atoms with Gasteiger partial charge in [-0.2, -0.15) is 0 Å². The monoisotopic (exact) mass is 239 g/mol. The molecule has 0 amide bonds. The Balaban J connectivity index is 2.22. The third-order valence-corrected chi connectivity index (χ3v) is 2.57. The van der Waals surface area contributed by atoms with Gasteiger partial charge < -0.3 is 14.6 Å². The molecule has 0 aromatic carbocycles. The molecule has 0 aliphatic heterocycles. The number of nitrogens with zero attached hydrogens (tertiary/aromatic N) is 2. The van der Waals surface area contributed by atoms with Crippen LogP contribution in [0.3, 0.4) is 0 Å². The van der Waals surface area contributed by atoms with Crippen molar-refractivity contribution in [3.63, 3.8) is 0 Å². The van der Waals surface area contributed by atoms with E-state index in [1.54, 1.807) is 0 Å². The summed E-state index contributed by atoms with van der Waals surface area (Å²) in [5.74, 6) is -0.154. The lowest BCUT2D eigenvalue weighted by Crippen LogP contribution is -2.18. The Morgan fingerprint density at radius 3 is 3.00 bits per heavy atom. The molecule has 0 bridgehead atoms. The molecule has 0 saturated carbocycles. The molecule has 0 saturated heterocycles. The second-order valence-electron chi connectivity index (χ2n) is 4.24. The van der Waals surface area contributed by atoms with Crippen LogP contribution in [0.25, 0.3) is 0 Å². The van der Waals surface area contributed by atoms with Crippen molar-refractivity contribution in [2.24, 2.45) is 0 Å². The number of carbonyl (C=O) groups is 1. The Morgan fingerprint density at radius 1 is 1.59 bits per heavy atom. The molecule has 1 rings (SSSR count). The molecule has 0 fully saturated rings. The van der Waals surface area contributed by atoms with Crippen LogP contribution >= 0.6 is 0 Å². The van der Waals surface area contributed by atoms with Crippen LogP contribution in [0, 0.1) is 0 Å². The highest BCUT2D eigenvalue weighted by Gasteiger charge is 2.04. The van der Waals surface area contributed by atoms with Crippen LogP contribution in [0.5, 0.6) is 0 Å². The van der Waals surface area contributed by atoms with Gasteiger partial charge in [0.05, 0.1) is 19.1 Å². The first-order valence-electron chi connectivity index (χ1n) is 5.93. The molecule has 0 aliphatic carbocycles. The summed E-state index contributed by atoms with van der Waals surface area (Å²) in [6.07, 6.45) is 4.97. The molecule has 0 aliphatic rings. The van der Waals surface area contributed by atoms with Gasteiger partial charge >= 0.3 is 5.97 Å². The number of methoxy groups -OCH3 is 1. The maximum atomic E-state index is 10.9. The van der Waals surface area contributed by atoms with Crippen molar-refractivity contribution in [3.8, 4) is 0 Å². The van der Waals surface area contributed by atoms with Crippen molar-refractivity contribution in [3.05, 3.63) is 18.2 Å². The van der Waals surface area contributed by atoms with Crippen LogP contribution in [0.1, 0.15) is 38.4 Å². The molecule has 0 spiro atoms. The van der Waals surface area contributed by atoms with E-state index >= 15 is 0 Å². The van der Waals surface area contributed by atoms with Gasteiger partial charge in [-0.1, -0.05) is 0 Å². The quantitative estimate of drug-likeness (QED) is 0.579. The normalized spacial score (nSPS) is 10.8. The number of hydrogen-bond acceptors (Lipinski definition) is 4. The minimum absolute atomic E-state index is 0.154. The van der Waals surface area contributed by atoms with Crippen molar-refractivity contribution < 1.29 is 9.53 Å². The molecule has 1 aromatic rings. The van der Waals surface area contributed by atoms with Crippen LogP contribution in [-0.2, 0) is 16.1 Å². The minimum Gasteiger partial charge on any atom is -0.469 e. The lowest BCUT2D eigenvalue weighted by atomic mass is 10.3. The van der Waals surface area contributed by atoms with Crippen LogP contribution in [-0.4, -0.2) is 29.2 Å². The van der Waals surface area contributed by atoms with E-state index in [2.05, 4.69) is 33.5 Å². The van der Waals surface area contributed by atoms with E-state index in [1.807, 2.05) is 12.5 Å². The van der Waals surface area contributed by atoms with Gasteiger partial charge in [-0.3, -0.25) is 4.79 Å². The van der Waals surface area contributed by atoms with Gasteiger partial charge in [0.2, 0.25) is 0 Å². The molecule has 5 nitrogen and oxygen atoms in total. The smallest absolute Gasteiger partial charge is 0.305 e. The van der Waals surface area contributed by atoms with E-state index in [9.17, 15) is 4.79 Å².